The molecule has 4 N–H and O–H groups in total. The summed E-state index contributed by atoms with van der Waals surface area (Å²) >= 11 is 0. The van der Waals surface area contributed by atoms with Crippen molar-refractivity contribution >= 4 is 5.91 Å². The second-order valence-corrected chi connectivity index (χ2v) is 4.31. The largest absolute Gasteiger partial charge is 0.395 e. The maximum atomic E-state index is 11.8. The molecular weight excluding hydrogens is 270 g/mol. The van der Waals surface area contributed by atoms with Crippen molar-refractivity contribution in [1.82, 2.24) is 15.3 Å². The number of imidazole rings is 1. The number of benzene rings is 1. The van der Waals surface area contributed by atoms with Gasteiger partial charge in [0, 0.05) is 24.7 Å². The van der Waals surface area contributed by atoms with Crippen LogP contribution >= 0.6 is 0 Å². The maximum Gasteiger partial charge on any atom is 0.323 e. The summed E-state index contributed by atoms with van der Waals surface area (Å²) in [6.07, 6.45) is 1.76. The zero-order valence-electron chi connectivity index (χ0n) is 11.3. The molecule has 0 saturated carbocycles. The fourth-order valence-electron chi connectivity index (χ4n) is 1.71. The van der Waals surface area contributed by atoms with Gasteiger partial charge in [0.2, 0.25) is 0 Å². The Morgan fingerprint density at radius 2 is 2.24 bits per heavy atom. The van der Waals surface area contributed by atoms with Gasteiger partial charge in [0.15, 0.2) is 0 Å². The molecule has 0 spiro atoms. The molecule has 21 heavy (non-hydrogen) atoms. The molecule has 6 heteroatoms. The summed E-state index contributed by atoms with van der Waals surface area (Å²) in [6, 6.07) is 7.45. The summed E-state index contributed by atoms with van der Waals surface area (Å²) in [5.74, 6) is 5.42. The van der Waals surface area contributed by atoms with Crippen LogP contribution in [0.25, 0.3) is 0 Å². The van der Waals surface area contributed by atoms with Crippen LogP contribution in [0.3, 0.4) is 0 Å². The molecule has 108 valence electrons. The highest BCUT2D eigenvalue weighted by atomic mass is 16.2. The summed E-state index contributed by atoms with van der Waals surface area (Å²) < 4.78 is 0. The molecule has 1 aromatic heterocycles. The first-order chi connectivity index (χ1) is 10.2. The molecule has 2 aromatic rings. The lowest BCUT2D eigenvalue weighted by Crippen LogP contribution is -2.23. The number of aromatic nitrogens is 2. The summed E-state index contributed by atoms with van der Waals surface area (Å²) in [7, 11) is 0. The third-order valence-electron chi connectivity index (χ3n) is 2.69. The van der Waals surface area contributed by atoms with Crippen LogP contribution in [0.5, 0.6) is 0 Å². The maximum absolute atomic E-state index is 11.8. The van der Waals surface area contributed by atoms with Crippen molar-refractivity contribution in [3.63, 3.8) is 0 Å². The van der Waals surface area contributed by atoms with Crippen LogP contribution in [0.1, 0.15) is 28.0 Å². The zero-order chi connectivity index (χ0) is 15.1. The molecule has 0 atom stereocenters. The van der Waals surface area contributed by atoms with Crippen molar-refractivity contribution in [2.45, 2.75) is 13.0 Å². The van der Waals surface area contributed by atoms with Crippen LogP contribution in [-0.4, -0.2) is 27.6 Å². The van der Waals surface area contributed by atoms with E-state index in [2.05, 4.69) is 27.1 Å². The number of carbonyl (C=O) groups is 1. The third-order valence-corrected chi connectivity index (χ3v) is 2.69. The number of aromatic amines is 2. The number of rotatable bonds is 4. The first-order valence-corrected chi connectivity index (χ1v) is 6.43. The number of carbonyl (C=O) groups excluding carboxylic acids is 1. The molecule has 0 bridgehead atoms. The molecule has 0 unspecified atom stereocenters. The van der Waals surface area contributed by atoms with E-state index in [1.54, 1.807) is 0 Å². The van der Waals surface area contributed by atoms with Crippen molar-refractivity contribution in [3.8, 4) is 11.8 Å². The molecule has 0 aliphatic heterocycles. The van der Waals surface area contributed by atoms with Crippen molar-refractivity contribution in [1.29, 1.82) is 0 Å². The predicted molar refractivity (Wildman–Crippen MR) is 77.6 cm³/mol. The smallest absolute Gasteiger partial charge is 0.323 e. The monoisotopic (exact) mass is 285 g/mol. The Balaban J connectivity index is 1.97. The van der Waals surface area contributed by atoms with E-state index in [0.717, 1.165) is 11.1 Å². The van der Waals surface area contributed by atoms with Gasteiger partial charge in [-0.1, -0.05) is 24.0 Å². The Morgan fingerprint density at radius 1 is 1.38 bits per heavy atom. The van der Waals surface area contributed by atoms with E-state index < -0.39 is 5.69 Å². The molecule has 1 aromatic carbocycles. The lowest BCUT2D eigenvalue weighted by atomic mass is 10.1. The van der Waals surface area contributed by atoms with Crippen LogP contribution in [0.15, 0.2) is 35.3 Å². The second kappa shape index (κ2) is 7.12. The SMILES string of the molecule is O=C(NCc1cccc(C#CCCO)c1)c1c[nH]c(=O)[nH]1. The normalized spacial score (nSPS) is 9.76. The minimum atomic E-state index is -0.415. The van der Waals surface area contributed by atoms with Gasteiger partial charge < -0.3 is 20.4 Å². The van der Waals surface area contributed by atoms with Crippen LogP contribution in [0.4, 0.5) is 0 Å². The standard InChI is InChI=1S/C15H15N3O3/c19-7-2-1-4-11-5-3-6-12(8-11)9-16-14(20)13-10-17-15(21)18-13/h3,5-6,8,10,19H,2,7,9H2,(H,16,20)(H2,17,18,21). The topological polar surface area (TPSA) is 98.0 Å². The fourth-order valence-corrected chi connectivity index (χ4v) is 1.71. The van der Waals surface area contributed by atoms with E-state index in [9.17, 15) is 9.59 Å². The van der Waals surface area contributed by atoms with E-state index in [1.165, 1.54) is 6.20 Å². The molecule has 1 amide bonds. The predicted octanol–water partition coefficient (Wildman–Crippen LogP) is 0.367. The van der Waals surface area contributed by atoms with Crippen molar-refractivity contribution in [3.05, 3.63) is 57.8 Å². The van der Waals surface area contributed by atoms with Gasteiger partial charge in [-0.3, -0.25) is 4.79 Å². The molecule has 1 heterocycles. The Labute approximate surface area is 121 Å². The number of hydrogen-bond donors (Lipinski definition) is 4. The van der Waals surface area contributed by atoms with E-state index >= 15 is 0 Å². The number of aliphatic hydroxyl groups excluding tert-OH is 1. The molecule has 0 aliphatic rings. The van der Waals surface area contributed by atoms with Crippen LogP contribution in [-0.2, 0) is 6.54 Å². The van der Waals surface area contributed by atoms with Crippen molar-refractivity contribution in [2.24, 2.45) is 0 Å². The Kier molecular flexibility index (Phi) is 4.96. The highest BCUT2D eigenvalue weighted by Crippen LogP contribution is 2.04. The van der Waals surface area contributed by atoms with E-state index in [-0.39, 0.29) is 18.2 Å². The van der Waals surface area contributed by atoms with Gasteiger partial charge in [0.05, 0.1) is 6.61 Å². The fraction of sp³-hybridized carbons (Fsp3) is 0.200. The molecule has 2 rings (SSSR count). The molecular formula is C15H15N3O3. The Hall–Kier alpha value is -2.78. The average Bonchev–Trinajstić information content (AvgIpc) is 2.92. The summed E-state index contributed by atoms with van der Waals surface area (Å²) in [4.78, 5) is 27.4. The van der Waals surface area contributed by atoms with Gasteiger partial charge in [-0.2, -0.15) is 0 Å². The zero-order valence-corrected chi connectivity index (χ0v) is 11.3. The first-order valence-electron chi connectivity index (χ1n) is 6.43. The number of nitrogens with one attached hydrogen (secondary N) is 3. The first kappa shape index (κ1) is 14.6. The van der Waals surface area contributed by atoms with Crippen LogP contribution < -0.4 is 11.0 Å². The minimum absolute atomic E-state index is 0.0393. The number of hydrogen-bond acceptors (Lipinski definition) is 3. The molecule has 6 nitrogen and oxygen atoms in total. The second-order valence-electron chi connectivity index (χ2n) is 4.31. The van der Waals surface area contributed by atoms with Gasteiger partial charge in [-0.05, 0) is 17.7 Å². The highest BCUT2D eigenvalue weighted by molar-refractivity contribution is 5.91. The third kappa shape index (κ3) is 4.37. The van der Waals surface area contributed by atoms with Crippen LogP contribution in [0, 0.1) is 11.8 Å². The molecule has 0 fully saturated rings. The average molecular weight is 285 g/mol. The molecule has 0 aliphatic carbocycles. The molecule has 0 saturated heterocycles. The van der Waals surface area contributed by atoms with Crippen LogP contribution in [0.2, 0.25) is 0 Å². The van der Waals surface area contributed by atoms with Crippen molar-refractivity contribution in [2.75, 3.05) is 6.61 Å². The van der Waals surface area contributed by atoms with Gasteiger partial charge in [0.1, 0.15) is 5.69 Å². The number of amides is 1. The summed E-state index contributed by atoms with van der Waals surface area (Å²) in [6.45, 7) is 0.374. The Morgan fingerprint density at radius 3 is 2.95 bits per heavy atom. The van der Waals surface area contributed by atoms with Gasteiger partial charge in [0.25, 0.3) is 5.91 Å². The van der Waals surface area contributed by atoms with E-state index in [4.69, 9.17) is 5.11 Å². The minimum Gasteiger partial charge on any atom is -0.395 e. The van der Waals surface area contributed by atoms with Gasteiger partial charge in [-0.15, -0.1) is 0 Å². The summed E-state index contributed by atoms with van der Waals surface area (Å²) in [5, 5.41) is 11.4. The highest BCUT2D eigenvalue weighted by Gasteiger charge is 2.07. The lowest BCUT2D eigenvalue weighted by molar-refractivity contribution is 0.0946. The lowest BCUT2D eigenvalue weighted by Gasteiger charge is -2.04. The summed E-state index contributed by atoms with van der Waals surface area (Å²) in [5.41, 5.74) is 1.50. The Bertz CT molecular complexity index is 734. The van der Waals surface area contributed by atoms with Crippen molar-refractivity contribution < 1.29 is 9.90 Å². The van der Waals surface area contributed by atoms with E-state index in [1.807, 2.05) is 24.3 Å². The van der Waals surface area contributed by atoms with Gasteiger partial charge in [-0.25, -0.2) is 4.79 Å². The number of aliphatic hydroxyl groups is 1. The quantitative estimate of drug-likeness (QED) is 0.611. The number of H-pyrrole nitrogens is 2. The van der Waals surface area contributed by atoms with Gasteiger partial charge >= 0.3 is 5.69 Å². The van der Waals surface area contributed by atoms with E-state index in [0.29, 0.717) is 13.0 Å². The molecule has 0 radical (unpaired) electrons.